The minimum atomic E-state index is -0.116. The molecule has 3 rings (SSSR count). The highest BCUT2D eigenvalue weighted by Crippen LogP contribution is 2.23. The maximum absolute atomic E-state index is 12.5. The number of thiophene rings is 1. The molecule has 3 heterocycles. The summed E-state index contributed by atoms with van der Waals surface area (Å²) in [4.78, 5) is 35.1. The van der Waals surface area contributed by atoms with Gasteiger partial charge in [0.05, 0.1) is 4.88 Å². The largest absolute Gasteiger partial charge is 0.368 e. The fraction of sp³-hybridized carbons (Fsp3) is 0.294. The number of piperidine rings is 1. The number of nitrogens with zero attached hydrogens (tertiary/aromatic N) is 3. The smallest absolute Gasteiger partial charge is 0.246 e. The van der Waals surface area contributed by atoms with Gasteiger partial charge in [0, 0.05) is 43.0 Å². The summed E-state index contributed by atoms with van der Waals surface area (Å²) in [5, 5.41) is 1.90. The van der Waals surface area contributed by atoms with Crippen molar-refractivity contribution in [3.8, 4) is 0 Å². The van der Waals surface area contributed by atoms with Crippen LogP contribution in [0.25, 0.3) is 6.08 Å². The summed E-state index contributed by atoms with van der Waals surface area (Å²) in [5.74, 6) is 0.118. The number of hydrogen-bond donors (Lipinski definition) is 1. The Balaban J connectivity index is 1.62. The van der Waals surface area contributed by atoms with E-state index in [2.05, 4.69) is 9.97 Å². The van der Waals surface area contributed by atoms with E-state index in [-0.39, 0.29) is 23.6 Å². The van der Waals surface area contributed by atoms with Gasteiger partial charge in [-0.25, -0.2) is 9.97 Å². The minimum absolute atomic E-state index is 0.101. The average molecular weight is 342 g/mol. The van der Waals surface area contributed by atoms with Gasteiger partial charge in [0.15, 0.2) is 5.78 Å². The second-order valence-corrected chi connectivity index (χ2v) is 6.62. The first-order valence-corrected chi connectivity index (χ1v) is 8.63. The molecular formula is C17H18N4O2S. The van der Waals surface area contributed by atoms with Crippen molar-refractivity contribution in [1.29, 1.82) is 0 Å². The third kappa shape index (κ3) is 3.86. The summed E-state index contributed by atoms with van der Waals surface area (Å²) >= 11 is 1.45. The quantitative estimate of drug-likeness (QED) is 0.680. The van der Waals surface area contributed by atoms with E-state index >= 15 is 0 Å². The summed E-state index contributed by atoms with van der Waals surface area (Å²) in [6, 6.07) is 3.72. The van der Waals surface area contributed by atoms with Crippen LogP contribution in [0.4, 0.5) is 5.95 Å². The fourth-order valence-corrected chi connectivity index (χ4v) is 3.46. The van der Waals surface area contributed by atoms with Crippen LogP contribution in [0.3, 0.4) is 0 Å². The monoisotopic (exact) mass is 342 g/mol. The minimum Gasteiger partial charge on any atom is -0.368 e. The van der Waals surface area contributed by atoms with Crippen LogP contribution in [0.15, 0.2) is 36.0 Å². The Morgan fingerprint density at radius 3 is 2.83 bits per heavy atom. The number of hydrogen-bond acceptors (Lipinski definition) is 6. The van der Waals surface area contributed by atoms with Gasteiger partial charge in [-0.1, -0.05) is 6.07 Å². The standard InChI is InChI=1S/C17H18N4O2S/c18-17-19-9-12(10-20-17)5-6-15(22)21-7-1-3-13(11-21)16(23)14-4-2-8-24-14/h2,4-6,8-10,13H,1,3,7,11H2,(H2,18,19,20). The lowest BCUT2D eigenvalue weighted by Gasteiger charge is -2.31. The van der Waals surface area contributed by atoms with Crippen molar-refractivity contribution in [1.82, 2.24) is 14.9 Å². The molecule has 7 heteroatoms. The number of carbonyl (C=O) groups excluding carboxylic acids is 2. The molecule has 24 heavy (non-hydrogen) atoms. The van der Waals surface area contributed by atoms with E-state index in [1.807, 2.05) is 17.5 Å². The lowest BCUT2D eigenvalue weighted by Crippen LogP contribution is -2.41. The first kappa shape index (κ1) is 16.3. The van der Waals surface area contributed by atoms with Crippen molar-refractivity contribution in [3.63, 3.8) is 0 Å². The lowest BCUT2D eigenvalue weighted by atomic mass is 9.93. The Morgan fingerprint density at radius 1 is 1.33 bits per heavy atom. The van der Waals surface area contributed by atoms with Crippen molar-refractivity contribution in [3.05, 3.63) is 46.4 Å². The molecule has 1 saturated heterocycles. The van der Waals surface area contributed by atoms with E-state index < -0.39 is 0 Å². The molecule has 1 aliphatic heterocycles. The van der Waals surface area contributed by atoms with E-state index in [1.54, 1.807) is 23.4 Å². The van der Waals surface area contributed by atoms with Crippen LogP contribution in [0, 0.1) is 5.92 Å². The zero-order valence-corrected chi connectivity index (χ0v) is 13.9. The van der Waals surface area contributed by atoms with Crippen molar-refractivity contribution >= 4 is 35.1 Å². The van der Waals surface area contributed by atoms with E-state index in [1.165, 1.54) is 17.4 Å². The number of carbonyl (C=O) groups is 2. The van der Waals surface area contributed by atoms with Gasteiger partial charge in [0.25, 0.3) is 0 Å². The van der Waals surface area contributed by atoms with Crippen LogP contribution >= 0.6 is 11.3 Å². The van der Waals surface area contributed by atoms with Gasteiger partial charge in [-0.2, -0.15) is 0 Å². The molecule has 6 nitrogen and oxygen atoms in total. The molecule has 1 unspecified atom stereocenters. The number of nitrogens with two attached hydrogens (primary N) is 1. The Kier molecular flexibility index (Phi) is 5.00. The van der Waals surface area contributed by atoms with Crippen LogP contribution in [0.1, 0.15) is 28.1 Å². The molecule has 124 valence electrons. The number of ketones is 1. The number of anilines is 1. The highest BCUT2D eigenvalue weighted by atomic mass is 32.1. The molecule has 0 saturated carbocycles. The predicted molar refractivity (Wildman–Crippen MR) is 93.4 cm³/mol. The van der Waals surface area contributed by atoms with Crippen LogP contribution < -0.4 is 5.73 Å². The third-order valence-corrected chi connectivity index (χ3v) is 4.86. The zero-order valence-electron chi connectivity index (χ0n) is 13.1. The van der Waals surface area contributed by atoms with Gasteiger partial charge < -0.3 is 10.6 Å². The average Bonchev–Trinajstić information content (AvgIpc) is 3.15. The number of rotatable bonds is 4. The molecule has 1 aliphatic rings. The molecule has 2 aromatic rings. The molecular weight excluding hydrogens is 324 g/mol. The molecule has 2 N–H and O–H groups in total. The summed E-state index contributed by atoms with van der Waals surface area (Å²) in [6.07, 6.45) is 7.94. The summed E-state index contributed by atoms with van der Waals surface area (Å²) in [6.45, 7) is 1.15. The van der Waals surface area contributed by atoms with Crippen molar-refractivity contribution in [2.75, 3.05) is 18.8 Å². The first-order valence-electron chi connectivity index (χ1n) is 7.75. The second-order valence-electron chi connectivity index (χ2n) is 5.67. The summed E-state index contributed by atoms with van der Waals surface area (Å²) in [7, 11) is 0. The Hall–Kier alpha value is -2.54. The van der Waals surface area contributed by atoms with Crippen LogP contribution in [0.5, 0.6) is 0 Å². The first-order chi connectivity index (χ1) is 11.6. The summed E-state index contributed by atoms with van der Waals surface area (Å²) in [5.41, 5.74) is 6.14. The predicted octanol–water partition coefficient (Wildman–Crippen LogP) is 2.26. The molecule has 0 aromatic carbocycles. The van der Waals surface area contributed by atoms with Gasteiger partial charge in [-0.3, -0.25) is 9.59 Å². The maximum atomic E-state index is 12.5. The Morgan fingerprint density at radius 2 is 2.12 bits per heavy atom. The molecule has 2 aromatic heterocycles. The molecule has 0 spiro atoms. The number of amides is 1. The lowest BCUT2D eigenvalue weighted by molar-refractivity contribution is -0.127. The van der Waals surface area contributed by atoms with Gasteiger partial charge in [0.2, 0.25) is 11.9 Å². The van der Waals surface area contributed by atoms with Crippen LogP contribution in [0.2, 0.25) is 0 Å². The molecule has 1 amide bonds. The van der Waals surface area contributed by atoms with Crippen molar-refractivity contribution in [2.24, 2.45) is 5.92 Å². The molecule has 0 bridgehead atoms. The van der Waals surface area contributed by atoms with Crippen LogP contribution in [-0.4, -0.2) is 39.6 Å². The summed E-state index contributed by atoms with van der Waals surface area (Å²) < 4.78 is 0. The van der Waals surface area contributed by atoms with E-state index in [0.717, 1.165) is 17.7 Å². The topological polar surface area (TPSA) is 89.2 Å². The highest BCUT2D eigenvalue weighted by molar-refractivity contribution is 7.12. The van der Waals surface area contributed by atoms with Crippen LogP contribution in [-0.2, 0) is 4.79 Å². The van der Waals surface area contributed by atoms with E-state index in [4.69, 9.17) is 5.73 Å². The van der Waals surface area contributed by atoms with Gasteiger partial charge in [0.1, 0.15) is 0 Å². The van der Waals surface area contributed by atoms with E-state index in [9.17, 15) is 9.59 Å². The highest BCUT2D eigenvalue weighted by Gasteiger charge is 2.28. The number of nitrogen functional groups attached to an aromatic ring is 1. The van der Waals surface area contributed by atoms with Gasteiger partial charge in [-0.05, 0) is 30.4 Å². The number of likely N-dealkylation sites (tertiary alicyclic amines) is 1. The van der Waals surface area contributed by atoms with Gasteiger partial charge >= 0.3 is 0 Å². The van der Waals surface area contributed by atoms with Gasteiger partial charge in [-0.15, -0.1) is 11.3 Å². The molecule has 1 atom stereocenters. The van der Waals surface area contributed by atoms with Crippen molar-refractivity contribution < 1.29 is 9.59 Å². The van der Waals surface area contributed by atoms with Crippen molar-refractivity contribution in [2.45, 2.75) is 12.8 Å². The van der Waals surface area contributed by atoms with E-state index in [0.29, 0.717) is 18.7 Å². The molecule has 0 aliphatic carbocycles. The molecule has 1 fully saturated rings. The number of Topliss-reactive ketones (excluding diaryl/α,β-unsaturated/α-hetero) is 1. The third-order valence-electron chi connectivity index (χ3n) is 3.98. The zero-order chi connectivity index (χ0) is 16.9. The molecule has 0 radical (unpaired) electrons. The fourth-order valence-electron chi connectivity index (χ4n) is 2.72. The SMILES string of the molecule is Nc1ncc(C=CC(=O)N2CCCC(C(=O)c3cccs3)C2)cn1. The normalized spacial score (nSPS) is 18.0. The Labute approximate surface area is 144 Å². The second kappa shape index (κ2) is 7.35. The Bertz CT molecular complexity index is 740. The number of aromatic nitrogens is 2. The maximum Gasteiger partial charge on any atom is 0.246 e.